The van der Waals surface area contributed by atoms with Crippen molar-refractivity contribution in [1.82, 2.24) is 0 Å². The topological polar surface area (TPSA) is 72.2 Å². The summed E-state index contributed by atoms with van der Waals surface area (Å²) in [4.78, 5) is -0.160. The number of hydrogen-bond acceptors (Lipinski definition) is 3. The van der Waals surface area contributed by atoms with E-state index in [4.69, 9.17) is 5.73 Å². The maximum atomic E-state index is 13.0. The molecule has 7 heteroatoms. The van der Waals surface area contributed by atoms with Crippen molar-refractivity contribution in [3.63, 3.8) is 0 Å². The molecule has 0 saturated heterocycles. The van der Waals surface area contributed by atoms with Gasteiger partial charge in [0, 0.05) is 4.47 Å². The highest BCUT2D eigenvalue weighted by Crippen LogP contribution is 2.28. The Hall–Kier alpha value is -1.60. The molecule has 0 bridgehead atoms. The molecule has 2 aromatic rings. The molecule has 0 heterocycles. The summed E-state index contributed by atoms with van der Waals surface area (Å²) >= 11 is 3.27. The normalized spacial score (nSPS) is 11.3. The zero-order valence-electron chi connectivity index (χ0n) is 10.5. The second-order valence-electron chi connectivity index (χ2n) is 4.27. The number of rotatable bonds is 3. The van der Waals surface area contributed by atoms with Crippen LogP contribution in [0.5, 0.6) is 0 Å². The van der Waals surface area contributed by atoms with E-state index in [1.54, 1.807) is 12.1 Å². The molecule has 0 spiro atoms. The average molecular weight is 359 g/mol. The van der Waals surface area contributed by atoms with Gasteiger partial charge in [-0.1, -0.05) is 6.07 Å². The number of anilines is 2. The lowest BCUT2D eigenvalue weighted by atomic mass is 10.2. The van der Waals surface area contributed by atoms with Gasteiger partial charge >= 0.3 is 0 Å². The van der Waals surface area contributed by atoms with Gasteiger partial charge in [-0.2, -0.15) is 0 Å². The molecule has 3 N–H and O–H groups in total. The van der Waals surface area contributed by atoms with Crippen molar-refractivity contribution in [2.75, 3.05) is 10.5 Å². The van der Waals surface area contributed by atoms with Crippen molar-refractivity contribution >= 4 is 37.3 Å². The van der Waals surface area contributed by atoms with Crippen LogP contribution in [0.3, 0.4) is 0 Å². The maximum Gasteiger partial charge on any atom is 0.263 e. The summed E-state index contributed by atoms with van der Waals surface area (Å²) in [7, 11) is -3.87. The highest BCUT2D eigenvalue weighted by atomic mass is 79.9. The molecule has 2 aromatic carbocycles. The maximum absolute atomic E-state index is 13.0. The molecule has 106 valence electrons. The third-order valence-electron chi connectivity index (χ3n) is 2.63. The Kier molecular flexibility index (Phi) is 4.01. The van der Waals surface area contributed by atoms with Gasteiger partial charge in [0.2, 0.25) is 0 Å². The Morgan fingerprint density at radius 1 is 1.20 bits per heavy atom. The van der Waals surface area contributed by atoms with Gasteiger partial charge in [-0.15, -0.1) is 0 Å². The van der Waals surface area contributed by atoms with Crippen LogP contribution < -0.4 is 10.5 Å². The summed E-state index contributed by atoms with van der Waals surface area (Å²) in [5, 5.41) is 0. The first-order valence-corrected chi connectivity index (χ1v) is 7.91. The number of aryl methyl sites for hydroxylation is 1. The first-order chi connectivity index (χ1) is 9.29. The van der Waals surface area contributed by atoms with Crippen molar-refractivity contribution in [1.29, 1.82) is 0 Å². The number of nitrogens with one attached hydrogen (secondary N) is 1. The average Bonchev–Trinajstić information content (AvgIpc) is 2.33. The van der Waals surface area contributed by atoms with Crippen LogP contribution >= 0.6 is 15.9 Å². The second-order valence-corrected chi connectivity index (χ2v) is 6.78. The van der Waals surface area contributed by atoms with Crippen LogP contribution in [0.2, 0.25) is 0 Å². The van der Waals surface area contributed by atoms with E-state index >= 15 is 0 Å². The Labute approximate surface area is 125 Å². The van der Waals surface area contributed by atoms with Crippen molar-refractivity contribution in [3.05, 3.63) is 52.3 Å². The first kappa shape index (κ1) is 14.8. The fourth-order valence-electron chi connectivity index (χ4n) is 1.68. The number of nitrogens with two attached hydrogens (primary N) is 1. The molecule has 0 atom stereocenters. The van der Waals surface area contributed by atoms with E-state index in [1.807, 2.05) is 13.0 Å². The number of nitrogen functional groups attached to an aromatic ring is 1. The van der Waals surface area contributed by atoms with Gasteiger partial charge in [0.25, 0.3) is 10.0 Å². The van der Waals surface area contributed by atoms with Gasteiger partial charge in [0.1, 0.15) is 10.7 Å². The van der Waals surface area contributed by atoms with E-state index in [0.29, 0.717) is 10.2 Å². The quantitative estimate of drug-likeness (QED) is 0.827. The molecule has 0 saturated carbocycles. The summed E-state index contributed by atoms with van der Waals surface area (Å²) in [5.74, 6) is -0.585. The predicted molar refractivity (Wildman–Crippen MR) is 80.5 cm³/mol. The molecule has 0 aliphatic heterocycles. The summed E-state index contributed by atoms with van der Waals surface area (Å²) in [6.07, 6.45) is 0. The molecule has 0 radical (unpaired) electrons. The Bertz CT molecular complexity index is 763. The standard InChI is InChI=1S/C13H12BrFN2O2S/c1-8-2-4-10(14)12(6-8)17-20(18,19)13-5-3-9(15)7-11(13)16/h2-7,17H,16H2,1H3. The Balaban J connectivity index is 2.43. The van der Waals surface area contributed by atoms with Gasteiger partial charge in [-0.05, 0) is 58.7 Å². The zero-order valence-corrected chi connectivity index (χ0v) is 12.9. The van der Waals surface area contributed by atoms with E-state index < -0.39 is 15.8 Å². The molecule has 0 aromatic heterocycles. The second kappa shape index (κ2) is 5.41. The van der Waals surface area contributed by atoms with Crippen LogP contribution in [0.25, 0.3) is 0 Å². The highest BCUT2D eigenvalue weighted by Gasteiger charge is 2.19. The smallest absolute Gasteiger partial charge is 0.263 e. The van der Waals surface area contributed by atoms with Crippen molar-refractivity contribution in [3.8, 4) is 0 Å². The van der Waals surface area contributed by atoms with E-state index in [1.165, 1.54) is 0 Å². The van der Waals surface area contributed by atoms with Gasteiger partial charge < -0.3 is 5.73 Å². The first-order valence-electron chi connectivity index (χ1n) is 5.63. The van der Waals surface area contributed by atoms with Gasteiger partial charge in [0.15, 0.2) is 0 Å². The van der Waals surface area contributed by atoms with Crippen LogP contribution in [-0.4, -0.2) is 8.42 Å². The summed E-state index contributed by atoms with van der Waals surface area (Å²) in [6, 6.07) is 8.42. The number of hydrogen-bond donors (Lipinski definition) is 2. The zero-order chi connectivity index (χ0) is 14.9. The monoisotopic (exact) mass is 358 g/mol. The van der Waals surface area contributed by atoms with Crippen molar-refractivity contribution < 1.29 is 12.8 Å². The molecular formula is C13H12BrFN2O2S. The highest BCUT2D eigenvalue weighted by molar-refractivity contribution is 9.10. The van der Waals surface area contributed by atoms with E-state index in [-0.39, 0.29) is 10.6 Å². The minimum absolute atomic E-state index is 0.138. The van der Waals surface area contributed by atoms with Crippen LogP contribution in [0, 0.1) is 12.7 Å². The Morgan fingerprint density at radius 3 is 2.55 bits per heavy atom. The van der Waals surface area contributed by atoms with E-state index in [2.05, 4.69) is 20.7 Å². The minimum Gasteiger partial charge on any atom is -0.398 e. The molecule has 0 aliphatic carbocycles. The largest absolute Gasteiger partial charge is 0.398 e. The predicted octanol–water partition coefficient (Wildman–Crippen LogP) is 3.28. The molecule has 20 heavy (non-hydrogen) atoms. The number of halogens is 2. The van der Waals surface area contributed by atoms with Crippen molar-refractivity contribution in [2.45, 2.75) is 11.8 Å². The van der Waals surface area contributed by atoms with Crippen LogP contribution in [0.15, 0.2) is 45.8 Å². The SMILES string of the molecule is Cc1ccc(Br)c(NS(=O)(=O)c2ccc(F)cc2N)c1. The Morgan fingerprint density at radius 2 is 1.90 bits per heavy atom. The molecule has 0 amide bonds. The molecule has 0 unspecified atom stereocenters. The van der Waals surface area contributed by atoms with E-state index in [9.17, 15) is 12.8 Å². The lowest BCUT2D eigenvalue weighted by Crippen LogP contribution is -2.15. The molecular weight excluding hydrogens is 347 g/mol. The van der Waals surface area contributed by atoms with Crippen LogP contribution in [-0.2, 0) is 10.0 Å². The summed E-state index contributed by atoms with van der Waals surface area (Å²) in [6.45, 7) is 1.84. The van der Waals surface area contributed by atoms with Gasteiger partial charge in [-0.3, -0.25) is 4.72 Å². The van der Waals surface area contributed by atoms with Crippen molar-refractivity contribution in [2.24, 2.45) is 0 Å². The molecule has 2 rings (SSSR count). The third-order valence-corrected chi connectivity index (χ3v) is 4.76. The van der Waals surface area contributed by atoms with Gasteiger partial charge in [-0.25, -0.2) is 12.8 Å². The van der Waals surface area contributed by atoms with Gasteiger partial charge in [0.05, 0.1) is 11.4 Å². The molecule has 4 nitrogen and oxygen atoms in total. The summed E-state index contributed by atoms with van der Waals surface area (Å²) < 4.78 is 40.5. The fourth-order valence-corrected chi connectivity index (χ4v) is 3.34. The van der Waals surface area contributed by atoms with E-state index in [0.717, 1.165) is 23.8 Å². The van der Waals surface area contributed by atoms with Crippen LogP contribution in [0.1, 0.15) is 5.56 Å². The lowest BCUT2D eigenvalue weighted by Gasteiger charge is -2.12. The third kappa shape index (κ3) is 3.10. The number of benzene rings is 2. The summed E-state index contributed by atoms with van der Waals surface area (Å²) in [5.41, 5.74) is 6.72. The molecule has 0 aliphatic rings. The van der Waals surface area contributed by atoms with Crippen LogP contribution in [0.4, 0.5) is 15.8 Å². The lowest BCUT2D eigenvalue weighted by molar-refractivity contribution is 0.600. The fraction of sp³-hybridized carbons (Fsp3) is 0.0769. The molecule has 0 fully saturated rings. The number of sulfonamides is 1. The minimum atomic E-state index is -3.87.